The van der Waals surface area contributed by atoms with Crippen LogP contribution in [0, 0.1) is 5.82 Å². The van der Waals surface area contributed by atoms with Gasteiger partial charge < -0.3 is 5.32 Å². The van der Waals surface area contributed by atoms with Crippen molar-refractivity contribution in [3.05, 3.63) is 65.5 Å². The third kappa shape index (κ3) is 2.59. The molecule has 0 aliphatic carbocycles. The zero-order valence-electron chi connectivity index (χ0n) is 12.2. The van der Waals surface area contributed by atoms with Crippen LogP contribution in [0.5, 0.6) is 0 Å². The minimum Gasteiger partial charge on any atom is -0.324 e. The number of imide groups is 1. The van der Waals surface area contributed by atoms with Crippen molar-refractivity contribution in [2.75, 3.05) is 5.32 Å². The molecule has 1 atom stereocenters. The molecule has 0 fully saturated rings. The van der Waals surface area contributed by atoms with Gasteiger partial charge in [-0.05, 0) is 37.3 Å². The van der Waals surface area contributed by atoms with Crippen molar-refractivity contribution >= 4 is 23.4 Å². The first kappa shape index (κ1) is 14.9. The van der Waals surface area contributed by atoms with Crippen LogP contribution in [-0.2, 0) is 4.79 Å². The number of fused-ring (bicyclic) bond motifs is 1. The Bertz CT molecular complexity index is 784. The van der Waals surface area contributed by atoms with Gasteiger partial charge in [0.2, 0.25) is 5.91 Å². The maximum Gasteiger partial charge on any atom is 0.262 e. The number of benzene rings is 2. The molecule has 6 heteroatoms. The summed E-state index contributed by atoms with van der Waals surface area (Å²) >= 11 is 0. The highest BCUT2D eigenvalue weighted by molar-refractivity contribution is 6.23. The molecule has 1 aliphatic heterocycles. The van der Waals surface area contributed by atoms with E-state index < -0.39 is 29.6 Å². The number of carbonyl (C=O) groups is 3. The van der Waals surface area contributed by atoms with E-state index in [0.717, 1.165) is 11.0 Å². The fraction of sp³-hybridized carbons (Fsp3) is 0.118. The summed E-state index contributed by atoms with van der Waals surface area (Å²) in [5.74, 6) is -2.07. The summed E-state index contributed by atoms with van der Waals surface area (Å²) in [7, 11) is 0. The summed E-state index contributed by atoms with van der Waals surface area (Å²) in [4.78, 5) is 37.8. The minimum absolute atomic E-state index is 0.262. The van der Waals surface area contributed by atoms with Gasteiger partial charge in [-0.3, -0.25) is 19.3 Å². The molecule has 3 rings (SSSR count). The van der Waals surface area contributed by atoms with E-state index in [1.807, 2.05) is 0 Å². The van der Waals surface area contributed by atoms with Crippen LogP contribution in [0.1, 0.15) is 27.6 Å². The van der Waals surface area contributed by atoms with Gasteiger partial charge in [-0.2, -0.15) is 0 Å². The van der Waals surface area contributed by atoms with E-state index in [2.05, 4.69) is 5.32 Å². The lowest BCUT2D eigenvalue weighted by atomic mass is 10.1. The summed E-state index contributed by atoms with van der Waals surface area (Å²) in [6.07, 6.45) is 0. The van der Waals surface area contributed by atoms with Crippen molar-refractivity contribution in [3.63, 3.8) is 0 Å². The molecular formula is C17H13FN2O3. The molecule has 1 heterocycles. The molecule has 0 saturated carbocycles. The first-order valence-corrected chi connectivity index (χ1v) is 7.02. The monoisotopic (exact) mass is 312 g/mol. The Morgan fingerprint density at radius 3 is 2.22 bits per heavy atom. The highest BCUT2D eigenvalue weighted by Crippen LogP contribution is 2.25. The smallest absolute Gasteiger partial charge is 0.262 e. The Labute approximate surface area is 131 Å². The van der Waals surface area contributed by atoms with Crippen molar-refractivity contribution in [3.8, 4) is 0 Å². The number of amides is 3. The second-order valence-corrected chi connectivity index (χ2v) is 5.20. The number of hydrogen-bond acceptors (Lipinski definition) is 3. The molecule has 0 bridgehead atoms. The molecule has 116 valence electrons. The Balaban J connectivity index is 1.81. The molecule has 2 aromatic carbocycles. The lowest BCUT2D eigenvalue weighted by Gasteiger charge is -2.21. The second kappa shape index (κ2) is 5.64. The van der Waals surface area contributed by atoms with Crippen LogP contribution in [0.15, 0.2) is 48.5 Å². The molecule has 5 nitrogen and oxygen atoms in total. The fourth-order valence-corrected chi connectivity index (χ4v) is 2.49. The first-order chi connectivity index (χ1) is 11.0. The Hall–Kier alpha value is -3.02. The van der Waals surface area contributed by atoms with E-state index in [4.69, 9.17) is 0 Å². The SMILES string of the molecule is C[C@H](C(=O)Nc1cccc(F)c1)N1C(=O)c2ccccc2C1=O. The van der Waals surface area contributed by atoms with Crippen LogP contribution < -0.4 is 5.32 Å². The number of carbonyl (C=O) groups excluding carboxylic acids is 3. The van der Waals surface area contributed by atoms with Gasteiger partial charge in [0.1, 0.15) is 11.9 Å². The molecule has 0 saturated heterocycles. The van der Waals surface area contributed by atoms with Crippen molar-refractivity contribution in [2.24, 2.45) is 0 Å². The normalized spacial score (nSPS) is 14.6. The lowest BCUT2D eigenvalue weighted by molar-refractivity contribution is -0.119. The number of anilines is 1. The maximum atomic E-state index is 13.2. The van der Waals surface area contributed by atoms with Crippen LogP contribution in [0.25, 0.3) is 0 Å². The summed E-state index contributed by atoms with van der Waals surface area (Å²) in [6.45, 7) is 1.45. The molecule has 1 aliphatic rings. The van der Waals surface area contributed by atoms with Gasteiger partial charge in [0, 0.05) is 5.69 Å². The van der Waals surface area contributed by atoms with E-state index >= 15 is 0 Å². The minimum atomic E-state index is -1.01. The summed E-state index contributed by atoms with van der Waals surface area (Å²) in [6, 6.07) is 10.8. The third-order valence-electron chi connectivity index (χ3n) is 3.68. The highest BCUT2D eigenvalue weighted by Gasteiger charge is 2.40. The first-order valence-electron chi connectivity index (χ1n) is 7.02. The highest BCUT2D eigenvalue weighted by atomic mass is 19.1. The number of nitrogens with zero attached hydrogens (tertiary/aromatic N) is 1. The van der Waals surface area contributed by atoms with Crippen molar-refractivity contribution in [2.45, 2.75) is 13.0 Å². The molecule has 3 amide bonds. The predicted octanol–water partition coefficient (Wildman–Crippen LogP) is 2.45. The molecule has 23 heavy (non-hydrogen) atoms. The van der Waals surface area contributed by atoms with Gasteiger partial charge in [0.15, 0.2) is 0 Å². The fourth-order valence-electron chi connectivity index (χ4n) is 2.49. The van der Waals surface area contributed by atoms with Gasteiger partial charge in [0.05, 0.1) is 11.1 Å². The summed E-state index contributed by atoms with van der Waals surface area (Å²) < 4.78 is 13.2. The zero-order chi connectivity index (χ0) is 16.6. The quantitative estimate of drug-likeness (QED) is 0.885. The second-order valence-electron chi connectivity index (χ2n) is 5.20. The molecule has 2 aromatic rings. The van der Waals surface area contributed by atoms with E-state index in [-0.39, 0.29) is 16.8 Å². The largest absolute Gasteiger partial charge is 0.324 e. The summed E-state index contributed by atoms with van der Waals surface area (Å²) in [5.41, 5.74) is 0.823. The van der Waals surface area contributed by atoms with E-state index in [1.165, 1.54) is 25.1 Å². The molecule has 0 unspecified atom stereocenters. The van der Waals surface area contributed by atoms with Crippen LogP contribution >= 0.6 is 0 Å². The maximum absolute atomic E-state index is 13.2. The third-order valence-corrected chi connectivity index (χ3v) is 3.68. The zero-order valence-corrected chi connectivity index (χ0v) is 12.2. The molecular weight excluding hydrogens is 299 g/mol. The summed E-state index contributed by atoms with van der Waals surface area (Å²) in [5, 5.41) is 2.50. The standard InChI is InChI=1S/C17H13FN2O3/c1-10(15(21)19-12-6-4-5-11(18)9-12)20-16(22)13-7-2-3-8-14(13)17(20)23/h2-10H,1H3,(H,19,21)/t10-/m1/s1. The Kier molecular flexibility index (Phi) is 3.65. The Morgan fingerprint density at radius 1 is 1.04 bits per heavy atom. The lowest BCUT2D eigenvalue weighted by Crippen LogP contribution is -2.45. The van der Waals surface area contributed by atoms with Gasteiger partial charge in [-0.1, -0.05) is 18.2 Å². The van der Waals surface area contributed by atoms with Gasteiger partial charge in [-0.15, -0.1) is 0 Å². The number of hydrogen-bond donors (Lipinski definition) is 1. The number of nitrogens with one attached hydrogen (secondary N) is 1. The predicted molar refractivity (Wildman–Crippen MR) is 81.4 cm³/mol. The average Bonchev–Trinajstić information content (AvgIpc) is 2.79. The topological polar surface area (TPSA) is 66.5 Å². The van der Waals surface area contributed by atoms with Crippen molar-refractivity contribution in [1.82, 2.24) is 4.90 Å². The van der Waals surface area contributed by atoms with Gasteiger partial charge in [0.25, 0.3) is 11.8 Å². The Morgan fingerprint density at radius 2 is 1.65 bits per heavy atom. The van der Waals surface area contributed by atoms with E-state index in [9.17, 15) is 18.8 Å². The molecule has 0 spiro atoms. The van der Waals surface area contributed by atoms with Gasteiger partial charge >= 0.3 is 0 Å². The van der Waals surface area contributed by atoms with Crippen LogP contribution in [-0.4, -0.2) is 28.7 Å². The number of halogens is 1. The number of rotatable bonds is 3. The van der Waals surface area contributed by atoms with Crippen LogP contribution in [0.2, 0.25) is 0 Å². The molecule has 0 radical (unpaired) electrons. The molecule has 1 N–H and O–H groups in total. The van der Waals surface area contributed by atoms with E-state index in [0.29, 0.717) is 0 Å². The van der Waals surface area contributed by atoms with Crippen LogP contribution in [0.4, 0.5) is 10.1 Å². The molecule has 0 aromatic heterocycles. The van der Waals surface area contributed by atoms with E-state index in [1.54, 1.807) is 24.3 Å². The van der Waals surface area contributed by atoms with Crippen molar-refractivity contribution in [1.29, 1.82) is 0 Å². The van der Waals surface area contributed by atoms with Gasteiger partial charge in [-0.25, -0.2) is 4.39 Å². The average molecular weight is 312 g/mol. The van der Waals surface area contributed by atoms with Crippen LogP contribution in [0.3, 0.4) is 0 Å². The van der Waals surface area contributed by atoms with Crippen molar-refractivity contribution < 1.29 is 18.8 Å².